The maximum Gasteiger partial charge on any atom is 0.323 e. The lowest BCUT2D eigenvalue weighted by Gasteiger charge is -2.20. The molecule has 1 aliphatic heterocycles. The summed E-state index contributed by atoms with van der Waals surface area (Å²) in [5.41, 5.74) is -2.01. The molecule has 9 heteroatoms. The normalized spacial score (nSPS) is 18.3. The minimum absolute atomic E-state index is 0.177. The quantitative estimate of drug-likeness (QED) is 0.457. The largest absolute Gasteiger partial charge is 0.494 e. The summed E-state index contributed by atoms with van der Waals surface area (Å²) in [6, 6.07) is 5.72. The fraction of sp³-hybridized carbons (Fsp3) is 0.100. The van der Waals surface area contributed by atoms with Crippen LogP contribution in [-0.4, -0.2) is 27.2 Å². The van der Waals surface area contributed by atoms with Crippen LogP contribution in [0.5, 0.6) is 5.88 Å². The number of hydrogen-bond acceptors (Lipinski definition) is 3. The van der Waals surface area contributed by atoms with Gasteiger partial charge in [-0.1, -0.05) is 11.8 Å². The number of hydrogen-bond donors (Lipinski definition) is 3. The molecule has 0 spiro atoms. The molecule has 2 aromatic carbocycles. The number of nitrogens with one attached hydrogen (secondary N) is 2. The Bertz CT molecular complexity index is 1240. The van der Waals surface area contributed by atoms with Crippen LogP contribution in [-0.2, 0) is 11.3 Å². The number of halogens is 3. The van der Waals surface area contributed by atoms with E-state index >= 15 is 0 Å². The van der Waals surface area contributed by atoms with Crippen LogP contribution in [0.15, 0.2) is 42.6 Å². The van der Waals surface area contributed by atoms with Gasteiger partial charge in [0.25, 0.3) is 5.91 Å². The molecule has 3 amide bonds. The molecule has 0 aliphatic carbocycles. The van der Waals surface area contributed by atoms with E-state index in [-0.39, 0.29) is 23.4 Å². The minimum atomic E-state index is -1.83. The van der Waals surface area contributed by atoms with Crippen molar-refractivity contribution in [1.82, 2.24) is 15.2 Å². The van der Waals surface area contributed by atoms with Crippen molar-refractivity contribution < 1.29 is 27.9 Å². The molecule has 3 aromatic rings. The molecule has 0 saturated carbocycles. The molecule has 1 aliphatic rings. The highest BCUT2D eigenvalue weighted by Gasteiger charge is 2.46. The first-order chi connectivity index (χ1) is 13.8. The van der Waals surface area contributed by atoms with E-state index in [4.69, 9.17) is 0 Å². The van der Waals surface area contributed by atoms with Crippen molar-refractivity contribution >= 4 is 22.7 Å². The third kappa shape index (κ3) is 3.25. The third-order valence-corrected chi connectivity index (χ3v) is 4.51. The first-order valence-corrected chi connectivity index (χ1v) is 8.37. The Hall–Kier alpha value is -3.93. The van der Waals surface area contributed by atoms with E-state index in [1.807, 2.05) is 0 Å². The van der Waals surface area contributed by atoms with Gasteiger partial charge in [0.1, 0.15) is 17.5 Å². The molecule has 4 rings (SSSR count). The van der Waals surface area contributed by atoms with Crippen molar-refractivity contribution in [3.8, 4) is 17.7 Å². The number of benzene rings is 2. The first kappa shape index (κ1) is 18.4. The van der Waals surface area contributed by atoms with Gasteiger partial charge in [0.05, 0.1) is 12.1 Å². The monoisotopic (exact) mass is 399 g/mol. The number of urea groups is 1. The Morgan fingerprint density at radius 3 is 2.48 bits per heavy atom. The van der Waals surface area contributed by atoms with Crippen LogP contribution in [0.3, 0.4) is 0 Å². The average molecular weight is 399 g/mol. The molecule has 0 bridgehead atoms. The third-order valence-electron chi connectivity index (χ3n) is 4.51. The molecule has 29 heavy (non-hydrogen) atoms. The maximum atomic E-state index is 13.9. The summed E-state index contributed by atoms with van der Waals surface area (Å²) in [6.07, 6.45) is 1.46. The van der Waals surface area contributed by atoms with E-state index in [0.717, 1.165) is 18.2 Å². The molecule has 146 valence electrons. The number of aromatic hydroxyl groups is 1. The fourth-order valence-corrected chi connectivity index (χ4v) is 3.09. The lowest BCUT2D eigenvalue weighted by molar-refractivity contribution is -0.122. The number of carbonyl (C=O) groups is 2. The fourth-order valence-electron chi connectivity index (χ4n) is 3.09. The number of rotatable bonds is 2. The van der Waals surface area contributed by atoms with Crippen LogP contribution < -0.4 is 10.6 Å². The Kier molecular flexibility index (Phi) is 4.19. The molecule has 1 aromatic heterocycles. The van der Waals surface area contributed by atoms with Crippen LogP contribution in [0, 0.1) is 29.3 Å². The predicted octanol–water partition coefficient (Wildman–Crippen LogP) is 2.39. The van der Waals surface area contributed by atoms with Crippen molar-refractivity contribution in [2.24, 2.45) is 0 Å². The lowest BCUT2D eigenvalue weighted by atomic mass is 9.99. The molecule has 1 fully saturated rings. The van der Waals surface area contributed by atoms with Crippen LogP contribution in [0.4, 0.5) is 18.0 Å². The minimum Gasteiger partial charge on any atom is -0.494 e. The zero-order chi connectivity index (χ0) is 20.8. The van der Waals surface area contributed by atoms with Crippen molar-refractivity contribution in [2.45, 2.75) is 12.1 Å². The van der Waals surface area contributed by atoms with E-state index < -0.39 is 34.9 Å². The van der Waals surface area contributed by atoms with Crippen molar-refractivity contribution in [3.05, 3.63) is 65.6 Å². The average Bonchev–Trinajstić information content (AvgIpc) is 3.11. The van der Waals surface area contributed by atoms with Gasteiger partial charge in [0.2, 0.25) is 5.54 Å². The van der Waals surface area contributed by atoms with Gasteiger partial charge in [-0.25, -0.2) is 18.0 Å². The Labute approximate surface area is 161 Å². The van der Waals surface area contributed by atoms with Crippen molar-refractivity contribution in [3.63, 3.8) is 0 Å². The van der Waals surface area contributed by atoms with E-state index in [2.05, 4.69) is 22.5 Å². The second-order valence-corrected chi connectivity index (χ2v) is 6.50. The van der Waals surface area contributed by atoms with Gasteiger partial charge in [-0.15, -0.1) is 0 Å². The standard InChI is InChI=1S/C20H12F3N3O3/c21-13-4-2-12-9-26(17(27)15(12)7-13)10-20(18(28)24-19(29)25-20)6-5-11-1-3-14(22)8-16(11)23/h1-4,7-9,27H,10H2,(H2,24,25,28,29)/t20-/m1/s1. The number of amides is 3. The smallest absolute Gasteiger partial charge is 0.323 e. The topological polar surface area (TPSA) is 83.4 Å². The number of fused-ring (bicyclic) bond motifs is 1. The molecule has 6 nitrogen and oxygen atoms in total. The van der Waals surface area contributed by atoms with E-state index in [9.17, 15) is 27.9 Å². The van der Waals surface area contributed by atoms with Gasteiger partial charge < -0.3 is 15.0 Å². The Balaban J connectivity index is 1.78. The van der Waals surface area contributed by atoms with E-state index in [0.29, 0.717) is 11.5 Å². The second kappa shape index (κ2) is 6.60. The SMILES string of the molecule is O=C1NC(=O)[C@@](C#Cc2ccc(F)cc2F)(Cn2cc3ccc(F)cc3c2O)N1. The van der Waals surface area contributed by atoms with Crippen LogP contribution in [0.1, 0.15) is 5.56 Å². The van der Waals surface area contributed by atoms with Crippen molar-refractivity contribution in [2.75, 3.05) is 0 Å². The zero-order valence-electron chi connectivity index (χ0n) is 14.6. The summed E-state index contributed by atoms with van der Waals surface area (Å²) < 4.78 is 41.6. The summed E-state index contributed by atoms with van der Waals surface area (Å²) in [5.74, 6) is 1.55. The number of carbonyl (C=O) groups excluding carboxylic acids is 2. The van der Waals surface area contributed by atoms with Crippen LogP contribution >= 0.6 is 0 Å². The highest BCUT2D eigenvalue weighted by molar-refractivity contribution is 6.09. The van der Waals surface area contributed by atoms with Gasteiger partial charge in [0, 0.05) is 23.0 Å². The summed E-state index contributed by atoms with van der Waals surface area (Å²) >= 11 is 0. The summed E-state index contributed by atoms with van der Waals surface area (Å²) in [5, 5.41) is 15.5. The maximum absolute atomic E-state index is 13.9. The molecule has 0 unspecified atom stereocenters. The van der Waals surface area contributed by atoms with Crippen LogP contribution in [0.25, 0.3) is 10.8 Å². The molecular weight excluding hydrogens is 387 g/mol. The number of aromatic nitrogens is 1. The van der Waals surface area contributed by atoms with Gasteiger partial charge in [-0.05, 0) is 30.3 Å². The highest BCUT2D eigenvalue weighted by atomic mass is 19.1. The van der Waals surface area contributed by atoms with Gasteiger partial charge >= 0.3 is 6.03 Å². The molecule has 0 radical (unpaired) electrons. The molecule has 2 heterocycles. The zero-order valence-corrected chi connectivity index (χ0v) is 14.6. The highest BCUT2D eigenvalue weighted by Crippen LogP contribution is 2.29. The van der Waals surface area contributed by atoms with Crippen LogP contribution in [0.2, 0.25) is 0 Å². The van der Waals surface area contributed by atoms with Gasteiger partial charge in [0.15, 0.2) is 5.88 Å². The number of nitrogens with zero attached hydrogens (tertiary/aromatic N) is 1. The molecular formula is C20H12F3N3O3. The summed E-state index contributed by atoms with van der Waals surface area (Å²) in [4.78, 5) is 24.2. The Morgan fingerprint density at radius 2 is 1.79 bits per heavy atom. The first-order valence-electron chi connectivity index (χ1n) is 8.37. The van der Waals surface area contributed by atoms with Crippen molar-refractivity contribution in [1.29, 1.82) is 0 Å². The van der Waals surface area contributed by atoms with E-state index in [1.54, 1.807) is 0 Å². The lowest BCUT2D eigenvalue weighted by Crippen LogP contribution is -2.49. The molecule has 1 saturated heterocycles. The Morgan fingerprint density at radius 1 is 1.07 bits per heavy atom. The predicted molar refractivity (Wildman–Crippen MR) is 96.2 cm³/mol. The second-order valence-electron chi connectivity index (χ2n) is 6.50. The number of imide groups is 1. The summed E-state index contributed by atoms with van der Waals surface area (Å²) in [7, 11) is 0. The van der Waals surface area contributed by atoms with Gasteiger partial charge in [-0.3, -0.25) is 10.1 Å². The summed E-state index contributed by atoms with van der Waals surface area (Å²) in [6.45, 7) is -0.331. The van der Waals surface area contributed by atoms with E-state index in [1.165, 1.54) is 22.9 Å². The van der Waals surface area contributed by atoms with Gasteiger partial charge in [-0.2, -0.15) is 0 Å². The molecule has 3 N–H and O–H groups in total. The molecule has 1 atom stereocenters.